The van der Waals surface area contributed by atoms with Crippen molar-refractivity contribution >= 4 is 0 Å². The monoisotopic (exact) mass is 330 g/mol. The normalized spacial score (nSPS) is 11.4. The van der Waals surface area contributed by atoms with E-state index in [0.717, 1.165) is 30.0 Å². The SMILES string of the molecule is CN(CCC(C#N)(c1ccccc1)c1ccccc1)Cc1ccco1. The highest BCUT2D eigenvalue weighted by Crippen LogP contribution is 2.35. The molecule has 3 rings (SSSR count). The van der Waals surface area contributed by atoms with Crippen LogP contribution in [0.4, 0.5) is 0 Å². The van der Waals surface area contributed by atoms with Crippen LogP contribution in [-0.4, -0.2) is 18.5 Å². The predicted octanol–water partition coefficient (Wildman–Crippen LogP) is 4.61. The average Bonchev–Trinajstić information content (AvgIpc) is 3.17. The molecule has 25 heavy (non-hydrogen) atoms. The van der Waals surface area contributed by atoms with Gasteiger partial charge in [0.25, 0.3) is 0 Å². The molecule has 0 aliphatic rings. The molecule has 0 atom stereocenters. The van der Waals surface area contributed by atoms with Crippen LogP contribution in [0.2, 0.25) is 0 Å². The highest BCUT2D eigenvalue weighted by Gasteiger charge is 2.34. The lowest BCUT2D eigenvalue weighted by Gasteiger charge is -2.30. The highest BCUT2D eigenvalue weighted by molar-refractivity contribution is 5.45. The molecule has 0 unspecified atom stereocenters. The highest BCUT2D eigenvalue weighted by atomic mass is 16.3. The van der Waals surface area contributed by atoms with Crippen LogP contribution in [0.25, 0.3) is 0 Å². The van der Waals surface area contributed by atoms with Gasteiger partial charge in [-0.25, -0.2) is 0 Å². The molecular weight excluding hydrogens is 308 g/mol. The standard InChI is InChI=1S/C22H22N2O/c1-24(17-21-13-8-16-25-21)15-14-22(18-23,19-9-4-2-5-10-19)20-11-6-3-7-12-20/h2-13,16H,14-15,17H2,1H3. The summed E-state index contributed by atoms with van der Waals surface area (Å²) in [4.78, 5) is 2.19. The molecule has 0 bridgehead atoms. The van der Waals surface area contributed by atoms with Gasteiger partial charge in [-0.2, -0.15) is 5.26 Å². The number of furan rings is 1. The van der Waals surface area contributed by atoms with E-state index < -0.39 is 5.41 Å². The first kappa shape index (κ1) is 17.0. The van der Waals surface area contributed by atoms with Gasteiger partial charge in [0.1, 0.15) is 11.2 Å². The van der Waals surface area contributed by atoms with E-state index in [1.54, 1.807) is 6.26 Å². The number of hydrogen-bond acceptors (Lipinski definition) is 3. The van der Waals surface area contributed by atoms with Gasteiger partial charge in [0.05, 0.1) is 18.9 Å². The van der Waals surface area contributed by atoms with Gasteiger partial charge in [0.2, 0.25) is 0 Å². The zero-order valence-corrected chi connectivity index (χ0v) is 14.4. The molecule has 0 N–H and O–H groups in total. The van der Waals surface area contributed by atoms with Crippen LogP contribution in [0.15, 0.2) is 83.5 Å². The Morgan fingerprint density at radius 3 is 2.00 bits per heavy atom. The summed E-state index contributed by atoms with van der Waals surface area (Å²) in [5.74, 6) is 0.935. The van der Waals surface area contributed by atoms with E-state index in [1.807, 2.05) is 72.8 Å². The Hall–Kier alpha value is -2.83. The van der Waals surface area contributed by atoms with E-state index >= 15 is 0 Å². The van der Waals surface area contributed by atoms with Crippen LogP contribution >= 0.6 is 0 Å². The molecule has 3 aromatic rings. The Bertz CT molecular complexity index is 765. The predicted molar refractivity (Wildman–Crippen MR) is 98.9 cm³/mol. The van der Waals surface area contributed by atoms with Gasteiger partial charge in [0.15, 0.2) is 0 Å². The van der Waals surface area contributed by atoms with Crippen LogP contribution in [-0.2, 0) is 12.0 Å². The van der Waals surface area contributed by atoms with Crippen molar-refractivity contribution in [1.82, 2.24) is 4.90 Å². The maximum atomic E-state index is 10.2. The van der Waals surface area contributed by atoms with E-state index in [2.05, 4.69) is 18.0 Å². The van der Waals surface area contributed by atoms with E-state index in [0.29, 0.717) is 6.42 Å². The molecule has 0 amide bonds. The first-order valence-corrected chi connectivity index (χ1v) is 8.48. The molecule has 0 spiro atoms. The van der Waals surface area contributed by atoms with Crippen molar-refractivity contribution in [3.8, 4) is 6.07 Å². The largest absolute Gasteiger partial charge is 0.468 e. The van der Waals surface area contributed by atoms with Crippen LogP contribution < -0.4 is 0 Å². The fourth-order valence-electron chi connectivity index (χ4n) is 3.19. The maximum Gasteiger partial charge on any atom is 0.117 e. The first-order valence-electron chi connectivity index (χ1n) is 8.48. The van der Waals surface area contributed by atoms with Crippen LogP contribution in [0.3, 0.4) is 0 Å². The van der Waals surface area contributed by atoms with Gasteiger partial charge in [-0.15, -0.1) is 0 Å². The summed E-state index contributed by atoms with van der Waals surface area (Å²) < 4.78 is 5.43. The van der Waals surface area contributed by atoms with Gasteiger partial charge in [-0.3, -0.25) is 4.90 Å². The van der Waals surface area contributed by atoms with Gasteiger partial charge in [-0.05, 0) is 36.7 Å². The van der Waals surface area contributed by atoms with E-state index in [1.165, 1.54) is 0 Å². The van der Waals surface area contributed by atoms with Crippen LogP contribution in [0.5, 0.6) is 0 Å². The number of benzene rings is 2. The topological polar surface area (TPSA) is 40.2 Å². The summed E-state index contributed by atoms with van der Waals surface area (Å²) in [6.45, 7) is 1.52. The van der Waals surface area contributed by atoms with Crippen LogP contribution in [0.1, 0.15) is 23.3 Å². The number of nitrogens with zero attached hydrogens (tertiary/aromatic N) is 2. The molecule has 2 aromatic carbocycles. The minimum atomic E-state index is -0.653. The maximum absolute atomic E-state index is 10.2. The lowest BCUT2D eigenvalue weighted by molar-refractivity contribution is 0.279. The summed E-state index contributed by atoms with van der Waals surface area (Å²) in [6.07, 6.45) is 2.41. The van der Waals surface area contributed by atoms with E-state index in [4.69, 9.17) is 4.42 Å². The van der Waals surface area contributed by atoms with Crippen molar-refractivity contribution in [3.05, 3.63) is 95.9 Å². The smallest absolute Gasteiger partial charge is 0.117 e. The number of nitriles is 1. The quantitative estimate of drug-likeness (QED) is 0.635. The lowest BCUT2D eigenvalue weighted by atomic mass is 9.73. The van der Waals surface area contributed by atoms with Crippen molar-refractivity contribution < 1.29 is 4.42 Å². The Balaban J connectivity index is 1.85. The summed E-state index contributed by atoms with van der Waals surface area (Å²) in [6, 6.07) is 26.6. The molecule has 0 aliphatic heterocycles. The van der Waals surface area contributed by atoms with Crippen molar-refractivity contribution in [2.75, 3.05) is 13.6 Å². The van der Waals surface area contributed by atoms with E-state index in [-0.39, 0.29) is 0 Å². The molecule has 1 aromatic heterocycles. The molecular formula is C22H22N2O. The molecule has 3 nitrogen and oxygen atoms in total. The molecule has 0 aliphatic carbocycles. The number of hydrogen-bond donors (Lipinski definition) is 0. The minimum Gasteiger partial charge on any atom is -0.468 e. The summed E-state index contributed by atoms with van der Waals surface area (Å²) in [7, 11) is 2.06. The fourth-order valence-corrected chi connectivity index (χ4v) is 3.19. The Morgan fingerprint density at radius 1 is 0.920 bits per heavy atom. The van der Waals surface area contributed by atoms with Crippen molar-refractivity contribution in [2.24, 2.45) is 0 Å². The molecule has 0 radical (unpaired) electrons. The molecule has 3 heteroatoms. The average molecular weight is 330 g/mol. The second-order valence-corrected chi connectivity index (χ2v) is 6.32. The summed E-state index contributed by atoms with van der Waals surface area (Å²) >= 11 is 0. The first-order chi connectivity index (χ1) is 12.2. The van der Waals surface area contributed by atoms with Gasteiger partial charge in [0, 0.05) is 6.54 Å². The zero-order valence-electron chi connectivity index (χ0n) is 14.4. The Morgan fingerprint density at radius 2 is 1.52 bits per heavy atom. The lowest BCUT2D eigenvalue weighted by Crippen LogP contribution is -2.31. The second-order valence-electron chi connectivity index (χ2n) is 6.32. The third-order valence-corrected chi connectivity index (χ3v) is 4.60. The minimum absolute atomic E-state index is 0.653. The fraction of sp³-hybridized carbons (Fsp3) is 0.227. The van der Waals surface area contributed by atoms with Crippen LogP contribution in [0, 0.1) is 11.3 Å². The summed E-state index contributed by atoms with van der Waals surface area (Å²) in [5, 5.41) is 10.2. The van der Waals surface area contributed by atoms with Gasteiger partial charge in [-0.1, -0.05) is 60.7 Å². The third-order valence-electron chi connectivity index (χ3n) is 4.60. The molecule has 0 saturated heterocycles. The molecule has 126 valence electrons. The third kappa shape index (κ3) is 3.81. The van der Waals surface area contributed by atoms with Gasteiger partial charge >= 0.3 is 0 Å². The Kier molecular flexibility index (Phi) is 5.33. The van der Waals surface area contributed by atoms with Crippen molar-refractivity contribution in [2.45, 2.75) is 18.4 Å². The van der Waals surface area contributed by atoms with Crippen molar-refractivity contribution in [1.29, 1.82) is 5.26 Å². The second kappa shape index (κ2) is 7.83. The van der Waals surface area contributed by atoms with Gasteiger partial charge < -0.3 is 4.42 Å². The number of rotatable bonds is 7. The van der Waals surface area contributed by atoms with Crippen molar-refractivity contribution in [3.63, 3.8) is 0 Å². The molecule has 0 fully saturated rings. The summed E-state index contributed by atoms with van der Waals surface area (Å²) in [5.41, 5.74) is 1.42. The zero-order chi connectivity index (χ0) is 17.5. The Labute approximate surface area is 149 Å². The molecule has 0 saturated carbocycles. The molecule has 1 heterocycles. The van der Waals surface area contributed by atoms with E-state index in [9.17, 15) is 5.26 Å².